The Hall–Kier alpha value is -3.88. The molecule has 8 nitrogen and oxygen atoms in total. The fourth-order valence-corrected chi connectivity index (χ4v) is 5.40. The average molecular weight is 575 g/mol. The van der Waals surface area contributed by atoms with E-state index >= 15 is 0 Å². The Bertz CT molecular complexity index is 1340. The lowest BCUT2D eigenvalue weighted by molar-refractivity contribution is -0.132. The monoisotopic (exact) mass is 574 g/mol. The molecule has 41 heavy (non-hydrogen) atoms. The average Bonchev–Trinajstić information content (AvgIpc) is 3.29. The Morgan fingerprint density at radius 3 is 2.32 bits per heavy atom. The van der Waals surface area contributed by atoms with Crippen LogP contribution in [0.5, 0.6) is 5.75 Å². The zero-order valence-electron chi connectivity index (χ0n) is 23.0. The number of carbonyl (C=O) groups is 2. The highest BCUT2D eigenvalue weighted by atomic mass is 35.5. The van der Waals surface area contributed by atoms with Crippen LogP contribution in [0.15, 0.2) is 77.8 Å². The maximum Gasteiger partial charge on any atom is 0.251 e. The van der Waals surface area contributed by atoms with Crippen LogP contribution in [0.2, 0.25) is 5.02 Å². The molecule has 9 heteroatoms. The number of hydrogen-bond donors (Lipinski definition) is 2. The van der Waals surface area contributed by atoms with E-state index in [9.17, 15) is 14.7 Å². The molecule has 0 aliphatic carbocycles. The molecule has 3 aromatic rings. The van der Waals surface area contributed by atoms with Crippen LogP contribution in [-0.2, 0) is 29.2 Å². The molecule has 2 N–H and O–H groups in total. The summed E-state index contributed by atoms with van der Waals surface area (Å²) in [6, 6.07) is 23.1. The first-order chi connectivity index (χ1) is 20.0. The molecule has 3 aromatic carbocycles. The van der Waals surface area contributed by atoms with E-state index in [-0.39, 0.29) is 18.4 Å². The molecular weight excluding hydrogens is 540 g/mol. The van der Waals surface area contributed by atoms with Crippen molar-refractivity contribution in [2.45, 2.75) is 57.8 Å². The molecule has 0 aromatic heterocycles. The fourth-order valence-electron chi connectivity index (χ4n) is 5.19. The summed E-state index contributed by atoms with van der Waals surface area (Å²) in [5, 5.41) is 12.9. The number of rotatable bonds is 13. The lowest BCUT2D eigenvalue weighted by Crippen LogP contribution is -2.39. The van der Waals surface area contributed by atoms with Crippen LogP contribution in [0.3, 0.4) is 0 Å². The molecule has 1 unspecified atom stereocenters. The minimum Gasteiger partial charge on any atom is -0.493 e. The van der Waals surface area contributed by atoms with Gasteiger partial charge in [-0.15, -0.1) is 0 Å². The van der Waals surface area contributed by atoms with Gasteiger partial charge < -0.3 is 19.6 Å². The Kier molecular flexibility index (Phi) is 9.54. The number of unbranched alkanes of at least 4 members (excludes halogenated alkanes) is 3. The summed E-state index contributed by atoms with van der Waals surface area (Å²) in [7, 11) is 0. The zero-order valence-corrected chi connectivity index (χ0v) is 23.7. The SMILES string of the molecule is O=C1NC2=Nc3cc(Cl)cc(OCCCCCCC(=O)N(Cc4ccccc4)Cc4ccccc4)c3CN2C1CO. The number of halogens is 1. The van der Waals surface area contributed by atoms with Crippen molar-refractivity contribution in [3.8, 4) is 5.75 Å². The predicted octanol–water partition coefficient (Wildman–Crippen LogP) is 5.19. The number of hydrogen-bond acceptors (Lipinski definition) is 6. The van der Waals surface area contributed by atoms with Gasteiger partial charge in [0, 0.05) is 30.1 Å². The van der Waals surface area contributed by atoms with Crippen molar-refractivity contribution in [1.82, 2.24) is 15.1 Å². The molecule has 214 valence electrons. The van der Waals surface area contributed by atoms with Gasteiger partial charge in [-0.1, -0.05) is 85.1 Å². The van der Waals surface area contributed by atoms with Crippen molar-refractivity contribution in [2.24, 2.45) is 4.99 Å². The van der Waals surface area contributed by atoms with Crippen molar-refractivity contribution in [2.75, 3.05) is 13.2 Å². The molecule has 2 aliphatic heterocycles. The highest BCUT2D eigenvalue weighted by Crippen LogP contribution is 2.38. The normalized spacial score (nSPS) is 15.6. The fraction of sp³-hybridized carbons (Fsp3) is 0.344. The van der Waals surface area contributed by atoms with Crippen LogP contribution < -0.4 is 10.1 Å². The van der Waals surface area contributed by atoms with Gasteiger partial charge in [0.15, 0.2) is 0 Å². The van der Waals surface area contributed by atoms with Gasteiger partial charge in [0.25, 0.3) is 5.91 Å². The maximum absolute atomic E-state index is 13.2. The number of nitrogens with one attached hydrogen (secondary N) is 1. The van der Waals surface area contributed by atoms with E-state index in [2.05, 4.69) is 34.6 Å². The summed E-state index contributed by atoms with van der Waals surface area (Å²) in [6.45, 7) is 1.81. The van der Waals surface area contributed by atoms with E-state index in [0.29, 0.717) is 55.1 Å². The lowest BCUT2D eigenvalue weighted by atomic mass is 10.1. The van der Waals surface area contributed by atoms with Gasteiger partial charge in [0.05, 0.1) is 25.4 Å². The third-order valence-corrected chi connectivity index (χ3v) is 7.61. The number of benzene rings is 3. The largest absolute Gasteiger partial charge is 0.493 e. The number of aliphatic imine (C=N–C) groups is 1. The number of aliphatic hydroxyl groups excluding tert-OH is 1. The standard InChI is InChI=1S/C32H35ClN4O4/c33-25-17-27-26(21-37-28(22-38)31(40)35-32(37)34-27)29(18-25)41-16-10-2-1-9-15-30(39)36(19-23-11-5-3-6-12-23)20-24-13-7-4-8-14-24/h3-8,11-14,17-18,28,38H,1-2,9-10,15-16,19-22H2,(H,34,35,40). The predicted molar refractivity (Wildman–Crippen MR) is 159 cm³/mol. The Morgan fingerprint density at radius 2 is 1.66 bits per heavy atom. The number of fused-ring (bicyclic) bond motifs is 2. The van der Waals surface area contributed by atoms with Gasteiger partial charge in [-0.25, -0.2) is 4.99 Å². The first kappa shape index (κ1) is 28.6. The first-order valence-corrected chi connectivity index (χ1v) is 14.5. The van der Waals surface area contributed by atoms with Gasteiger partial charge in [-0.05, 0) is 36.1 Å². The van der Waals surface area contributed by atoms with Crippen LogP contribution in [0, 0.1) is 0 Å². The van der Waals surface area contributed by atoms with Gasteiger partial charge in [0.1, 0.15) is 11.8 Å². The topological polar surface area (TPSA) is 94.5 Å². The summed E-state index contributed by atoms with van der Waals surface area (Å²) < 4.78 is 6.10. The molecule has 0 spiro atoms. The first-order valence-electron chi connectivity index (χ1n) is 14.1. The van der Waals surface area contributed by atoms with E-state index in [0.717, 1.165) is 42.4 Å². The summed E-state index contributed by atoms with van der Waals surface area (Å²) in [5.74, 6) is 0.958. The number of ether oxygens (including phenoxy) is 1. The number of carbonyl (C=O) groups excluding carboxylic acids is 2. The highest BCUT2D eigenvalue weighted by molar-refractivity contribution is 6.31. The molecule has 5 rings (SSSR count). The van der Waals surface area contributed by atoms with Gasteiger partial charge in [-0.3, -0.25) is 14.9 Å². The molecule has 2 amide bonds. The van der Waals surface area contributed by atoms with Crippen molar-refractivity contribution in [1.29, 1.82) is 0 Å². The van der Waals surface area contributed by atoms with Crippen LogP contribution in [0.4, 0.5) is 5.69 Å². The molecule has 2 aliphatic rings. The molecule has 0 bridgehead atoms. The second-order valence-corrected chi connectivity index (χ2v) is 10.8. The Morgan fingerprint density at radius 1 is 1.00 bits per heavy atom. The van der Waals surface area contributed by atoms with Crippen LogP contribution in [0.1, 0.15) is 48.8 Å². The molecule has 1 fully saturated rings. The van der Waals surface area contributed by atoms with E-state index in [4.69, 9.17) is 16.3 Å². The minimum atomic E-state index is -0.663. The third-order valence-electron chi connectivity index (χ3n) is 7.39. The summed E-state index contributed by atoms with van der Waals surface area (Å²) in [5.41, 5.74) is 3.75. The van der Waals surface area contributed by atoms with Crippen LogP contribution in [0.25, 0.3) is 0 Å². The Balaban J connectivity index is 1.09. The van der Waals surface area contributed by atoms with E-state index in [1.54, 1.807) is 17.0 Å². The molecule has 2 heterocycles. The Labute approximate surface area is 245 Å². The van der Waals surface area contributed by atoms with Crippen LogP contribution >= 0.6 is 11.6 Å². The zero-order chi connectivity index (χ0) is 28.6. The van der Waals surface area contributed by atoms with Crippen molar-refractivity contribution >= 4 is 35.1 Å². The molecule has 0 radical (unpaired) electrons. The van der Waals surface area contributed by atoms with Gasteiger partial charge in [-0.2, -0.15) is 0 Å². The van der Waals surface area contributed by atoms with Crippen LogP contribution in [-0.4, -0.2) is 51.9 Å². The third kappa shape index (κ3) is 7.26. The molecular formula is C32H35ClN4O4. The summed E-state index contributed by atoms with van der Waals surface area (Å²) in [4.78, 5) is 33.5. The lowest BCUT2D eigenvalue weighted by Gasteiger charge is -2.28. The van der Waals surface area contributed by atoms with E-state index < -0.39 is 6.04 Å². The quantitative estimate of drug-likeness (QED) is 0.274. The van der Waals surface area contributed by atoms with E-state index in [1.807, 2.05) is 41.3 Å². The van der Waals surface area contributed by atoms with Crippen molar-refractivity contribution in [3.63, 3.8) is 0 Å². The number of aliphatic hydroxyl groups is 1. The molecule has 1 saturated heterocycles. The number of guanidine groups is 1. The van der Waals surface area contributed by atoms with Crippen molar-refractivity contribution < 1.29 is 19.4 Å². The molecule has 0 saturated carbocycles. The summed E-state index contributed by atoms with van der Waals surface area (Å²) >= 11 is 6.32. The van der Waals surface area contributed by atoms with Crippen molar-refractivity contribution in [3.05, 3.63) is 94.5 Å². The minimum absolute atomic E-state index is 0.163. The van der Waals surface area contributed by atoms with E-state index in [1.165, 1.54) is 0 Å². The second-order valence-electron chi connectivity index (χ2n) is 10.4. The van der Waals surface area contributed by atoms with Gasteiger partial charge in [0.2, 0.25) is 11.9 Å². The maximum atomic E-state index is 13.2. The number of nitrogens with zero attached hydrogens (tertiary/aromatic N) is 3. The highest BCUT2D eigenvalue weighted by Gasteiger charge is 2.39. The number of amides is 2. The second kappa shape index (κ2) is 13.7. The van der Waals surface area contributed by atoms with Gasteiger partial charge >= 0.3 is 0 Å². The smallest absolute Gasteiger partial charge is 0.251 e. The molecule has 1 atom stereocenters. The summed E-state index contributed by atoms with van der Waals surface area (Å²) in [6.07, 6.45) is 4.04.